The Morgan fingerprint density at radius 2 is 2.04 bits per heavy atom. The summed E-state index contributed by atoms with van der Waals surface area (Å²) in [5, 5.41) is 2.92. The van der Waals surface area contributed by atoms with Gasteiger partial charge in [0.2, 0.25) is 0 Å². The molecule has 2 fully saturated rings. The summed E-state index contributed by atoms with van der Waals surface area (Å²) in [4.78, 5) is 28.6. The average molecular weight is 374 g/mol. The Morgan fingerprint density at radius 3 is 2.85 bits per heavy atom. The summed E-state index contributed by atoms with van der Waals surface area (Å²) < 4.78 is 12.6. The van der Waals surface area contributed by atoms with E-state index in [2.05, 4.69) is 10.2 Å². The second-order valence-electron chi connectivity index (χ2n) is 7.34. The van der Waals surface area contributed by atoms with Gasteiger partial charge in [0.1, 0.15) is 0 Å². The molecule has 8 heteroatoms. The minimum atomic E-state index is -0.414. The van der Waals surface area contributed by atoms with Gasteiger partial charge in [0, 0.05) is 45.0 Å². The van der Waals surface area contributed by atoms with Crippen molar-refractivity contribution in [3.63, 3.8) is 0 Å². The second kappa shape index (κ2) is 7.74. The summed E-state index contributed by atoms with van der Waals surface area (Å²) in [6.45, 7) is 5.06. The van der Waals surface area contributed by atoms with Crippen molar-refractivity contribution in [2.45, 2.75) is 25.4 Å². The van der Waals surface area contributed by atoms with Crippen LogP contribution in [-0.2, 0) is 11.8 Å². The van der Waals surface area contributed by atoms with Crippen LogP contribution in [0.3, 0.4) is 0 Å². The molecule has 1 N–H and O–H groups in total. The molecule has 4 rings (SSSR count). The monoisotopic (exact) mass is 374 g/mol. The minimum absolute atomic E-state index is 0.0472. The van der Waals surface area contributed by atoms with Crippen LogP contribution in [0, 0.1) is 0 Å². The number of carbonyl (C=O) groups is 1. The lowest BCUT2D eigenvalue weighted by Crippen LogP contribution is -2.43. The topological polar surface area (TPSA) is 80.0 Å². The highest BCUT2D eigenvalue weighted by molar-refractivity contribution is 5.91. The van der Waals surface area contributed by atoms with E-state index in [-0.39, 0.29) is 12.1 Å². The summed E-state index contributed by atoms with van der Waals surface area (Å²) in [6, 6.07) is 5.09. The highest BCUT2D eigenvalue weighted by atomic mass is 16.5. The van der Waals surface area contributed by atoms with Gasteiger partial charge in [-0.1, -0.05) is 0 Å². The van der Waals surface area contributed by atoms with E-state index < -0.39 is 5.76 Å². The van der Waals surface area contributed by atoms with E-state index in [4.69, 9.17) is 9.15 Å². The fourth-order valence-electron chi connectivity index (χ4n) is 3.86. The van der Waals surface area contributed by atoms with Crippen LogP contribution in [0.2, 0.25) is 0 Å². The van der Waals surface area contributed by atoms with Crippen molar-refractivity contribution < 1.29 is 13.9 Å². The van der Waals surface area contributed by atoms with Gasteiger partial charge in [-0.3, -0.25) is 4.57 Å². The van der Waals surface area contributed by atoms with Crippen molar-refractivity contribution >= 4 is 22.8 Å². The Balaban J connectivity index is 1.42. The first-order chi connectivity index (χ1) is 13.1. The van der Waals surface area contributed by atoms with Gasteiger partial charge in [0.15, 0.2) is 5.58 Å². The molecule has 2 aliphatic rings. The zero-order valence-corrected chi connectivity index (χ0v) is 15.6. The van der Waals surface area contributed by atoms with Crippen LogP contribution in [0.4, 0.5) is 10.5 Å². The van der Waals surface area contributed by atoms with Crippen molar-refractivity contribution in [2.75, 3.05) is 44.6 Å². The maximum atomic E-state index is 12.8. The molecule has 1 aromatic carbocycles. The Morgan fingerprint density at radius 1 is 1.22 bits per heavy atom. The number of hydrogen-bond donors (Lipinski definition) is 1. The third-order valence-corrected chi connectivity index (χ3v) is 5.34. The number of benzene rings is 1. The number of fused-ring (bicyclic) bond motifs is 1. The number of rotatable bonds is 3. The molecule has 0 radical (unpaired) electrons. The van der Waals surface area contributed by atoms with E-state index in [1.165, 1.54) is 17.4 Å². The Labute approximate surface area is 157 Å². The van der Waals surface area contributed by atoms with Crippen molar-refractivity contribution in [1.82, 2.24) is 14.4 Å². The molecule has 3 heterocycles. The largest absolute Gasteiger partial charge is 0.419 e. The first-order valence-electron chi connectivity index (χ1n) is 9.59. The number of anilines is 1. The number of hydrogen-bond acceptors (Lipinski definition) is 5. The highest BCUT2D eigenvalue weighted by Crippen LogP contribution is 2.19. The van der Waals surface area contributed by atoms with E-state index in [0.717, 1.165) is 26.1 Å². The van der Waals surface area contributed by atoms with E-state index in [9.17, 15) is 9.59 Å². The number of carbonyl (C=O) groups excluding carboxylic acids is 1. The number of urea groups is 1. The molecular formula is C19H26N4O4. The zero-order chi connectivity index (χ0) is 18.8. The second-order valence-corrected chi connectivity index (χ2v) is 7.34. The molecule has 0 saturated carbocycles. The van der Waals surface area contributed by atoms with Gasteiger partial charge in [0.25, 0.3) is 0 Å². The van der Waals surface area contributed by atoms with Gasteiger partial charge in [-0.25, -0.2) is 9.59 Å². The fraction of sp³-hybridized carbons (Fsp3) is 0.579. The van der Waals surface area contributed by atoms with Gasteiger partial charge in [-0.2, -0.15) is 0 Å². The number of likely N-dealkylation sites (tertiary alicyclic amines) is 1. The van der Waals surface area contributed by atoms with Crippen molar-refractivity contribution in [1.29, 1.82) is 0 Å². The van der Waals surface area contributed by atoms with Crippen molar-refractivity contribution in [2.24, 2.45) is 7.05 Å². The molecule has 0 bridgehead atoms. The van der Waals surface area contributed by atoms with Gasteiger partial charge < -0.3 is 24.3 Å². The molecule has 27 heavy (non-hydrogen) atoms. The number of amides is 2. The van der Waals surface area contributed by atoms with Crippen LogP contribution in [-0.4, -0.2) is 65.8 Å². The van der Waals surface area contributed by atoms with Gasteiger partial charge in [-0.05, 0) is 44.5 Å². The molecule has 8 nitrogen and oxygen atoms in total. The maximum absolute atomic E-state index is 12.8. The Bertz CT molecular complexity index is 868. The summed E-state index contributed by atoms with van der Waals surface area (Å²) in [6.07, 6.45) is 3.37. The van der Waals surface area contributed by atoms with E-state index >= 15 is 0 Å². The zero-order valence-electron chi connectivity index (χ0n) is 15.6. The van der Waals surface area contributed by atoms with Gasteiger partial charge in [0.05, 0.1) is 11.6 Å². The number of nitrogens with zero attached hydrogens (tertiary/aromatic N) is 3. The van der Waals surface area contributed by atoms with Crippen LogP contribution < -0.4 is 11.1 Å². The SMILES string of the molecule is Cn1c(=O)oc2cc(NC(=O)N3CCCOC(CN4CCCC4)C3)ccc21. The molecule has 2 amide bonds. The summed E-state index contributed by atoms with van der Waals surface area (Å²) in [5.41, 5.74) is 1.78. The quantitative estimate of drug-likeness (QED) is 0.887. The number of nitrogens with one attached hydrogen (secondary N) is 1. The van der Waals surface area contributed by atoms with Gasteiger partial charge >= 0.3 is 11.8 Å². The first-order valence-corrected chi connectivity index (χ1v) is 9.59. The van der Waals surface area contributed by atoms with Crippen LogP contribution in [0.5, 0.6) is 0 Å². The lowest BCUT2D eigenvalue weighted by Gasteiger charge is -2.27. The summed E-state index contributed by atoms with van der Waals surface area (Å²) >= 11 is 0. The first kappa shape index (κ1) is 18.1. The van der Waals surface area contributed by atoms with Gasteiger partial charge in [-0.15, -0.1) is 0 Å². The van der Waals surface area contributed by atoms with Crippen molar-refractivity contribution in [3.8, 4) is 0 Å². The molecule has 0 spiro atoms. The van der Waals surface area contributed by atoms with Crippen LogP contribution in [0.15, 0.2) is 27.4 Å². The number of ether oxygens (including phenoxy) is 1. The minimum Gasteiger partial charge on any atom is -0.408 e. The molecule has 1 unspecified atom stereocenters. The van der Waals surface area contributed by atoms with Crippen molar-refractivity contribution in [3.05, 3.63) is 28.7 Å². The molecule has 1 aromatic heterocycles. The summed E-state index contributed by atoms with van der Waals surface area (Å²) in [7, 11) is 1.66. The molecule has 0 aliphatic carbocycles. The standard InChI is InChI=1S/C19H26N4O4/c1-21-16-6-5-14(11-17(16)27-19(21)25)20-18(24)23-9-4-10-26-15(13-23)12-22-7-2-3-8-22/h5-6,11,15H,2-4,7-10,12-13H2,1H3,(H,20,24). The third-order valence-electron chi connectivity index (χ3n) is 5.34. The lowest BCUT2D eigenvalue weighted by atomic mass is 10.2. The normalized spacial score (nSPS) is 21.5. The average Bonchev–Trinajstić information content (AvgIpc) is 3.17. The van der Waals surface area contributed by atoms with Crippen LogP contribution in [0.25, 0.3) is 11.1 Å². The Hall–Kier alpha value is -2.32. The molecule has 146 valence electrons. The Kier molecular flexibility index (Phi) is 5.18. The van der Waals surface area contributed by atoms with E-state index in [1.807, 2.05) is 4.90 Å². The summed E-state index contributed by atoms with van der Waals surface area (Å²) in [5.74, 6) is -0.414. The number of aromatic nitrogens is 1. The molecule has 1 atom stereocenters. The predicted octanol–water partition coefficient (Wildman–Crippen LogP) is 1.85. The van der Waals surface area contributed by atoms with Crippen LogP contribution in [0.1, 0.15) is 19.3 Å². The number of aryl methyl sites for hydroxylation is 1. The third kappa shape index (κ3) is 4.01. The molecule has 2 aromatic rings. The van der Waals surface area contributed by atoms with E-state index in [0.29, 0.717) is 36.5 Å². The van der Waals surface area contributed by atoms with Crippen LogP contribution >= 0.6 is 0 Å². The predicted molar refractivity (Wildman–Crippen MR) is 102 cm³/mol. The molecule has 2 saturated heterocycles. The molecular weight excluding hydrogens is 348 g/mol. The lowest BCUT2D eigenvalue weighted by molar-refractivity contribution is 0.0355. The highest BCUT2D eigenvalue weighted by Gasteiger charge is 2.25. The smallest absolute Gasteiger partial charge is 0.408 e. The maximum Gasteiger partial charge on any atom is 0.419 e. The molecule has 2 aliphatic heterocycles. The fourth-order valence-corrected chi connectivity index (χ4v) is 3.86. The van der Waals surface area contributed by atoms with E-state index in [1.54, 1.807) is 25.2 Å². The number of oxazole rings is 1.